The molecule has 0 spiro atoms. The highest BCUT2D eigenvalue weighted by Crippen LogP contribution is 2.64. The molecule has 0 saturated carbocycles. The lowest BCUT2D eigenvalue weighted by atomic mass is 9.47. The number of rotatable bonds is 6. The van der Waals surface area contributed by atoms with Crippen LogP contribution < -0.4 is 0 Å². The Balaban J connectivity index is 1.68. The van der Waals surface area contributed by atoms with Gasteiger partial charge in [-0.05, 0) is 43.0 Å². The highest BCUT2D eigenvalue weighted by molar-refractivity contribution is 6.08. The van der Waals surface area contributed by atoms with Crippen LogP contribution in [0, 0.1) is 11.8 Å². The molecule has 166 valence electrons. The lowest BCUT2D eigenvalue weighted by Crippen LogP contribution is -2.56. The van der Waals surface area contributed by atoms with Gasteiger partial charge in [-0.25, -0.2) is 4.79 Å². The molecule has 1 heterocycles. The van der Waals surface area contributed by atoms with Crippen molar-refractivity contribution >= 4 is 17.8 Å². The zero-order valence-electron chi connectivity index (χ0n) is 18.5. The first-order valence-corrected chi connectivity index (χ1v) is 11.2. The Morgan fingerprint density at radius 2 is 1.59 bits per heavy atom. The minimum Gasteiger partial charge on any atom is -0.463 e. The van der Waals surface area contributed by atoms with Gasteiger partial charge in [0.1, 0.15) is 13.2 Å². The molecule has 2 amide bonds. The van der Waals surface area contributed by atoms with Gasteiger partial charge in [0.25, 0.3) is 0 Å². The number of imide groups is 1. The van der Waals surface area contributed by atoms with Crippen molar-refractivity contribution in [3.05, 3.63) is 70.8 Å². The van der Waals surface area contributed by atoms with E-state index in [1.165, 1.54) is 4.90 Å². The summed E-state index contributed by atoms with van der Waals surface area (Å²) < 4.78 is 11.2. The zero-order valence-corrected chi connectivity index (χ0v) is 18.5. The van der Waals surface area contributed by atoms with Crippen molar-refractivity contribution in [2.24, 2.45) is 11.8 Å². The van der Waals surface area contributed by atoms with Crippen molar-refractivity contribution in [2.45, 2.75) is 38.2 Å². The van der Waals surface area contributed by atoms with Gasteiger partial charge >= 0.3 is 5.97 Å². The van der Waals surface area contributed by atoms with Crippen molar-refractivity contribution in [2.75, 3.05) is 19.8 Å². The van der Waals surface area contributed by atoms with Crippen LogP contribution in [0.5, 0.6) is 0 Å². The molecule has 2 aromatic rings. The predicted octanol–water partition coefficient (Wildman–Crippen LogP) is 3.02. The first-order chi connectivity index (χ1) is 15.4. The number of nitrogens with zero attached hydrogens (tertiary/aromatic N) is 1. The second-order valence-electron chi connectivity index (χ2n) is 9.07. The number of ether oxygens (including phenoxy) is 2. The van der Waals surface area contributed by atoms with Crippen molar-refractivity contribution in [3.63, 3.8) is 0 Å². The van der Waals surface area contributed by atoms with E-state index in [0.29, 0.717) is 6.54 Å². The molecule has 32 heavy (non-hydrogen) atoms. The van der Waals surface area contributed by atoms with Crippen LogP contribution in [-0.2, 0) is 29.3 Å². The summed E-state index contributed by atoms with van der Waals surface area (Å²) in [6.45, 7) is 5.71. The lowest BCUT2D eigenvalue weighted by Gasteiger charge is -2.53. The molecular weight excluding hydrogens is 406 g/mol. The fourth-order valence-electron chi connectivity index (χ4n) is 6.02. The summed E-state index contributed by atoms with van der Waals surface area (Å²) in [6.07, 6.45) is -0.0937. The number of hydrogen-bond acceptors (Lipinski definition) is 5. The van der Waals surface area contributed by atoms with Crippen LogP contribution >= 0.6 is 0 Å². The first-order valence-electron chi connectivity index (χ1n) is 11.2. The van der Waals surface area contributed by atoms with Crippen LogP contribution in [0.15, 0.2) is 48.5 Å². The first kappa shape index (κ1) is 20.9. The summed E-state index contributed by atoms with van der Waals surface area (Å²) in [5, 5.41) is 0. The van der Waals surface area contributed by atoms with Gasteiger partial charge in [-0.1, -0.05) is 48.5 Å². The van der Waals surface area contributed by atoms with E-state index in [2.05, 4.69) is 0 Å². The van der Waals surface area contributed by atoms with E-state index < -0.39 is 23.2 Å². The molecule has 0 radical (unpaired) electrons. The Labute approximate surface area is 187 Å². The van der Waals surface area contributed by atoms with Crippen molar-refractivity contribution in [3.8, 4) is 0 Å². The maximum absolute atomic E-state index is 13.6. The van der Waals surface area contributed by atoms with Crippen molar-refractivity contribution < 1.29 is 23.9 Å². The molecule has 1 aliphatic heterocycles. The standard InChI is InChI=1S/C26H27NO5/c1-4-27-24(29)22-21-16-9-5-7-11-18(16)26(23(22)25(27)30,19-12-8-6-10-17(19)21)14-32-20(28)13-31-15(2)3/h5-12,15,21-23H,4,13-14H2,1-3H3. The zero-order chi connectivity index (χ0) is 22.6. The second-order valence-corrected chi connectivity index (χ2v) is 9.07. The average molecular weight is 434 g/mol. The summed E-state index contributed by atoms with van der Waals surface area (Å²) >= 11 is 0. The second kappa shape index (κ2) is 7.55. The van der Waals surface area contributed by atoms with Gasteiger partial charge in [-0.2, -0.15) is 0 Å². The fourth-order valence-corrected chi connectivity index (χ4v) is 6.02. The van der Waals surface area contributed by atoms with Gasteiger partial charge in [-0.15, -0.1) is 0 Å². The normalized spacial score (nSPS) is 27.4. The quantitative estimate of drug-likeness (QED) is 0.517. The molecular formula is C26H27NO5. The summed E-state index contributed by atoms with van der Waals surface area (Å²) in [6, 6.07) is 15.9. The van der Waals surface area contributed by atoms with Gasteiger partial charge in [0.05, 0.1) is 23.4 Å². The van der Waals surface area contributed by atoms with Gasteiger partial charge in [-0.3, -0.25) is 14.5 Å². The van der Waals surface area contributed by atoms with E-state index in [0.717, 1.165) is 22.3 Å². The number of benzene rings is 2. The molecule has 6 nitrogen and oxygen atoms in total. The minimum atomic E-state index is -0.906. The highest BCUT2D eigenvalue weighted by Gasteiger charge is 2.68. The van der Waals surface area contributed by atoms with E-state index in [4.69, 9.17) is 9.47 Å². The van der Waals surface area contributed by atoms with E-state index in [-0.39, 0.29) is 37.0 Å². The SMILES string of the molecule is CCN1C(=O)C2C3c4ccccc4C(COC(=O)COC(C)C)(c4ccccc43)C2C1=O. The largest absolute Gasteiger partial charge is 0.463 e. The third kappa shape index (κ3) is 2.72. The molecule has 1 saturated heterocycles. The third-order valence-electron chi connectivity index (χ3n) is 7.20. The van der Waals surface area contributed by atoms with Crippen LogP contribution in [0.2, 0.25) is 0 Å². The number of carbonyl (C=O) groups is 3. The molecule has 2 bridgehead atoms. The number of carbonyl (C=O) groups excluding carboxylic acids is 3. The number of amides is 2. The molecule has 2 unspecified atom stereocenters. The molecule has 1 fully saturated rings. The molecule has 2 aromatic carbocycles. The van der Waals surface area contributed by atoms with Crippen LogP contribution in [0.4, 0.5) is 0 Å². The smallest absolute Gasteiger partial charge is 0.332 e. The number of esters is 1. The van der Waals surface area contributed by atoms with Crippen LogP contribution in [0.3, 0.4) is 0 Å². The summed E-state index contributed by atoms with van der Waals surface area (Å²) in [4.78, 5) is 40.9. The molecule has 6 heteroatoms. The Hall–Kier alpha value is -2.99. The Morgan fingerprint density at radius 3 is 2.16 bits per heavy atom. The highest BCUT2D eigenvalue weighted by atomic mass is 16.6. The van der Waals surface area contributed by atoms with Gasteiger partial charge in [0.15, 0.2) is 0 Å². The van der Waals surface area contributed by atoms with Gasteiger partial charge < -0.3 is 9.47 Å². The molecule has 0 aromatic heterocycles. The topological polar surface area (TPSA) is 72.9 Å². The van der Waals surface area contributed by atoms with Crippen LogP contribution in [0.25, 0.3) is 0 Å². The van der Waals surface area contributed by atoms with E-state index in [1.807, 2.05) is 69.3 Å². The Bertz CT molecular complexity index is 1060. The maximum Gasteiger partial charge on any atom is 0.332 e. The summed E-state index contributed by atoms with van der Waals surface area (Å²) in [7, 11) is 0. The lowest BCUT2D eigenvalue weighted by molar-refractivity contribution is -0.154. The predicted molar refractivity (Wildman–Crippen MR) is 117 cm³/mol. The minimum absolute atomic E-state index is 0.00816. The number of likely N-dealkylation sites (tertiary alicyclic amines) is 1. The summed E-state index contributed by atoms with van der Waals surface area (Å²) in [5.41, 5.74) is 3.13. The van der Waals surface area contributed by atoms with Gasteiger partial charge in [0, 0.05) is 12.5 Å². The van der Waals surface area contributed by atoms with E-state index in [1.54, 1.807) is 0 Å². The number of hydrogen-bond donors (Lipinski definition) is 0. The molecule has 0 N–H and O–H groups in total. The van der Waals surface area contributed by atoms with Crippen molar-refractivity contribution in [1.82, 2.24) is 4.90 Å². The monoisotopic (exact) mass is 433 g/mol. The molecule has 6 rings (SSSR count). The Kier molecular flexibility index (Phi) is 4.93. The van der Waals surface area contributed by atoms with Crippen LogP contribution in [-0.4, -0.2) is 48.5 Å². The third-order valence-corrected chi connectivity index (χ3v) is 7.20. The molecule has 4 aliphatic rings. The van der Waals surface area contributed by atoms with Gasteiger partial charge in [0.2, 0.25) is 11.8 Å². The Morgan fingerprint density at radius 1 is 1.00 bits per heavy atom. The van der Waals surface area contributed by atoms with E-state index >= 15 is 0 Å². The fraction of sp³-hybridized carbons (Fsp3) is 0.423. The van der Waals surface area contributed by atoms with Crippen LogP contribution in [0.1, 0.15) is 48.9 Å². The molecule has 3 aliphatic carbocycles. The van der Waals surface area contributed by atoms with E-state index in [9.17, 15) is 14.4 Å². The maximum atomic E-state index is 13.6. The summed E-state index contributed by atoms with van der Waals surface area (Å²) in [5.74, 6) is -2.04. The van der Waals surface area contributed by atoms with Crippen molar-refractivity contribution in [1.29, 1.82) is 0 Å². The molecule has 2 atom stereocenters. The average Bonchev–Trinajstić information content (AvgIpc) is 3.07.